The van der Waals surface area contributed by atoms with Gasteiger partial charge in [-0.2, -0.15) is 0 Å². The Bertz CT molecular complexity index is 483. The molecule has 1 unspecified atom stereocenters. The minimum absolute atomic E-state index is 0.0598. The molecule has 0 bridgehead atoms. The number of likely N-dealkylation sites (tertiary alicyclic amines) is 1. The molecule has 1 atom stereocenters. The molecule has 1 aliphatic rings. The third-order valence-corrected chi connectivity index (χ3v) is 3.33. The van der Waals surface area contributed by atoms with E-state index in [1.807, 2.05) is 0 Å². The molecule has 1 saturated heterocycles. The van der Waals surface area contributed by atoms with Gasteiger partial charge >= 0.3 is 0 Å². The lowest BCUT2D eigenvalue weighted by atomic mass is 10.1. The van der Waals surface area contributed by atoms with Gasteiger partial charge in [-0.25, -0.2) is 0 Å². The van der Waals surface area contributed by atoms with Crippen LogP contribution in [0.5, 0.6) is 0 Å². The fourth-order valence-electron chi connectivity index (χ4n) is 2.23. The Labute approximate surface area is 104 Å². The van der Waals surface area contributed by atoms with E-state index in [1.54, 1.807) is 11.9 Å². The first-order chi connectivity index (χ1) is 8.52. The van der Waals surface area contributed by atoms with E-state index >= 15 is 0 Å². The minimum atomic E-state index is -0.497. The largest absolute Gasteiger partial charge is 0.340 e. The van der Waals surface area contributed by atoms with Crippen LogP contribution < -0.4 is 5.73 Å². The fourth-order valence-corrected chi connectivity index (χ4v) is 2.23. The number of aromatic nitrogens is 1. The van der Waals surface area contributed by atoms with Crippen LogP contribution in [0, 0.1) is 16.0 Å². The molecule has 0 aliphatic carbocycles. The van der Waals surface area contributed by atoms with Crippen molar-refractivity contribution in [3.63, 3.8) is 0 Å². The van der Waals surface area contributed by atoms with Gasteiger partial charge in [0, 0.05) is 26.2 Å². The zero-order valence-electron chi connectivity index (χ0n) is 10.2. The van der Waals surface area contributed by atoms with Crippen molar-refractivity contribution >= 4 is 11.6 Å². The Balaban J connectivity index is 2.16. The molecule has 98 valence electrons. The van der Waals surface area contributed by atoms with Gasteiger partial charge in [-0.3, -0.25) is 14.9 Å². The minimum Gasteiger partial charge on any atom is -0.340 e. The molecule has 1 amide bonds. The number of aryl methyl sites for hydroxylation is 1. The summed E-state index contributed by atoms with van der Waals surface area (Å²) in [6, 6.07) is 1.32. The molecule has 2 N–H and O–H groups in total. The average Bonchev–Trinajstić information content (AvgIpc) is 2.94. The van der Waals surface area contributed by atoms with E-state index in [-0.39, 0.29) is 11.6 Å². The monoisotopic (exact) mass is 252 g/mol. The highest BCUT2D eigenvalue weighted by Gasteiger charge is 2.28. The Morgan fingerprint density at radius 3 is 2.89 bits per heavy atom. The molecular weight excluding hydrogens is 236 g/mol. The summed E-state index contributed by atoms with van der Waals surface area (Å²) in [5.74, 6) is 0.172. The Morgan fingerprint density at radius 1 is 1.67 bits per heavy atom. The van der Waals surface area contributed by atoms with Gasteiger partial charge in [0.05, 0.1) is 11.1 Å². The molecule has 7 nitrogen and oxygen atoms in total. The fraction of sp³-hybridized carbons (Fsp3) is 0.545. The summed E-state index contributed by atoms with van der Waals surface area (Å²) < 4.78 is 1.50. The van der Waals surface area contributed by atoms with Crippen LogP contribution in [0.4, 0.5) is 5.69 Å². The first kappa shape index (κ1) is 12.6. The van der Waals surface area contributed by atoms with Crippen LogP contribution >= 0.6 is 0 Å². The zero-order chi connectivity index (χ0) is 13.3. The molecule has 2 rings (SSSR count). The second-order valence-corrected chi connectivity index (χ2v) is 4.59. The van der Waals surface area contributed by atoms with Crippen LogP contribution in [0.1, 0.15) is 16.9 Å². The smallest absolute Gasteiger partial charge is 0.287 e. The quantitative estimate of drug-likeness (QED) is 0.620. The molecule has 0 saturated carbocycles. The van der Waals surface area contributed by atoms with Crippen molar-refractivity contribution in [1.29, 1.82) is 0 Å². The number of nitrogens with two attached hydrogens (primary N) is 1. The molecular formula is C11H16N4O3. The second-order valence-electron chi connectivity index (χ2n) is 4.59. The molecule has 0 aromatic carbocycles. The molecule has 7 heteroatoms. The molecule has 0 radical (unpaired) electrons. The van der Waals surface area contributed by atoms with Gasteiger partial charge in [0.25, 0.3) is 11.6 Å². The standard InChI is InChI=1S/C11H16N4O3/c1-13-7-9(15(17)18)4-10(13)11(16)14-3-2-8(5-12)6-14/h4,7-8H,2-3,5-6,12H2,1H3. The van der Waals surface area contributed by atoms with Crippen LogP contribution in [0.2, 0.25) is 0 Å². The molecule has 18 heavy (non-hydrogen) atoms. The number of rotatable bonds is 3. The number of nitrogens with zero attached hydrogens (tertiary/aromatic N) is 3. The van der Waals surface area contributed by atoms with Crippen molar-refractivity contribution in [3.05, 3.63) is 28.1 Å². The number of carbonyl (C=O) groups excluding carboxylic acids is 1. The van der Waals surface area contributed by atoms with E-state index in [0.29, 0.717) is 31.2 Å². The third kappa shape index (κ3) is 2.21. The maximum absolute atomic E-state index is 12.2. The summed E-state index contributed by atoms with van der Waals surface area (Å²) in [5, 5.41) is 10.7. The van der Waals surface area contributed by atoms with E-state index < -0.39 is 4.92 Å². The van der Waals surface area contributed by atoms with Crippen molar-refractivity contribution in [2.24, 2.45) is 18.7 Å². The predicted molar refractivity (Wildman–Crippen MR) is 65.1 cm³/mol. The molecule has 2 heterocycles. The highest BCUT2D eigenvalue weighted by atomic mass is 16.6. The van der Waals surface area contributed by atoms with Crippen LogP contribution in [-0.4, -0.2) is 39.9 Å². The molecule has 1 aromatic rings. The number of hydrogen-bond acceptors (Lipinski definition) is 4. The Morgan fingerprint density at radius 2 is 2.39 bits per heavy atom. The molecule has 1 aromatic heterocycles. The summed E-state index contributed by atoms with van der Waals surface area (Å²) in [7, 11) is 1.64. The first-order valence-electron chi connectivity index (χ1n) is 5.83. The third-order valence-electron chi connectivity index (χ3n) is 3.33. The van der Waals surface area contributed by atoms with Gasteiger partial charge in [0.1, 0.15) is 5.69 Å². The number of nitro groups is 1. The molecule has 1 fully saturated rings. The van der Waals surface area contributed by atoms with Gasteiger partial charge in [-0.1, -0.05) is 0 Å². The lowest BCUT2D eigenvalue weighted by Crippen LogP contribution is -2.31. The average molecular weight is 252 g/mol. The normalized spacial score (nSPS) is 19.2. The summed E-state index contributed by atoms with van der Waals surface area (Å²) in [5.41, 5.74) is 5.86. The predicted octanol–water partition coefficient (Wildman–Crippen LogP) is 0.354. The van der Waals surface area contributed by atoms with Gasteiger partial charge in [-0.15, -0.1) is 0 Å². The van der Waals surface area contributed by atoms with Crippen molar-refractivity contribution in [3.8, 4) is 0 Å². The van der Waals surface area contributed by atoms with Crippen molar-refractivity contribution in [2.45, 2.75) is 6.42 Å². The highest BCUT2D eigenvalue weighted by Crippen LogP contribution is 2.21. The maximum atomic E-state index is 12.2. The highest BCUT2D eigenvalue weighted by molar-refractivity contribution is 5.93. The summed E-state index contributed by atoms with van der Waals surface area (Å²) in [4.78, 5) is 24.1. The topological polar surface area (TPSA) is 94.4 Å². The van der Waals surface area contributed by atoms with Gasteiger partial charge in [-0.05, 0) is 18.9 Å². The van der Waals surface area contributed by atoms with Crippen molar-refractivity contribution in [2.75, 3.05) is 19.6 Å². The van der Waals surface area contributed by atoms with E-state index in [0.717, 1.165) is 6.42 Å². The lowest BCUT2D eigenvalue weighted by Gasteiger charge is -2.16. The van der Waals surface area contributed by atoms with Crippen molar-refractivity contribution in [1.82, 2.24) is 9.47 Å². The number of hydrogen-bond donors (Lipinski definition) is 1. The summed E-state index contributed by atoms with van der Waals surface area (Å²) in [6.07, 6.45) is 2.25. The number of carbonyl (C=O) groups is 1. The van der Waals surface area contributed by atoms with Crippen LogP contribution in [-0.2, 0) is 7.05 Å². The van der Waals surface area contributed by atoms with E-state index in [9.17, 15) is 14.9 Å². The van der Waals surface area contributed by atoms with E-state index in [2.05, 4.69) is 0 Å². The second kappa shape index (κ2) is 4.77. The maximum Gasteiger partial charge on any atom is 0.287 e. The van der Waals surface area contributed by atoms with Crippen LogP contribution in [0.25, 0.3) is 0 Å². The first-order valence-corrected chi connectivity index (χ1v) is 5.83. The molecule has 0 spiro atoms. The molecule has 1 aliphatic heterocycles. The van der Waals surface area contributed by atoms with Gasteiger partial charge < -0.3 is 15.2 Å². The van der Waals surface area contributed by atoms with E-state index in [1.165, 1.54) is 16.8 Å². The summed E-state index contributed by atoms with van der Waals surface area (Å²) >= 11 is 0. The van der Waals surface area contributed by atoms with Crippen LogP contribution in [0.15, 0.2) is 12.3 Å². The Kier molecular flexibility index (Phi) is 3.33. The van der Waals surface area contributed by atoms with Gasteiger partial charge in [0.15, 0.2) is 0 Å². The van der Waals surface area contributed by atoms with Crippen molar-refractivity contribution < 1.29 is 9.72 Å². The summed E-state index contributed by atoms with van der Waals surface area (Å²) in [6.45, 7) is 1.87. The van der Waals surface area contributed by atoms with E-state index in [4.69, 9.17) is 5.73 Å². The van der Waals surface area contributed by atoms with Gasteiger partial charge in [0.2, 0.25) is 0 Å². The van der Waals surface area contributed by atoms with Crippen LogP contribution in [0.3, 0.4) is 0 Å². The zero-order valence-corrected chi connectivity index (χ0v) is 10.2. The number of amides is 1. The SMILES string of the molecule is Cn1cc([N+](=O)[O-])cc1C(=O)N1CCC(CN)C1. The Hall–Kier alpha value is -1.89. The lowest BCUT2D eigenvalue weighted by molar-refractivity contribution is -0.384.